The smallest absolute Gasteiger partial charge is 0.271 e. The molecule has 0 amide bonds. The number of pyridine rings is 1. The number of anilines is 1. The van der Waals surface area contributed by atoms with Gasteiger partial charge in [-0.2, -0.15) is 0 Å². The van der Waals surface area contributed by atoms with Crippen LogP contribution in [0.5, 0.6) is 0 Å². The molecule has 1 aliphatic carbocycles. The summed E-state index contributed by atoms with van der Waals surface area (Å²) in [5.41, 5.74) is 3.63. The molecule has 1 aromatic carbocycles. The molecular weight excluding hydrogens is 328 g/mol. The van der Waals surface area contributed by atoms with Gasteiger partial charge in [0, 0.05) is 11.1 Å². The van der Waals surface area contributed by atoms with Crippen molar-refractivity contribution in [1.82, 2.24) is 4.98 Å². The van der Waals surface area contributed by atoms with Crippen molar-refractivity contribution in [1.29, 1.82) is 0 Å². The number of para-hydroxylation sites is 1. The molecule has 2 aromatic heterocycles. The molecule has 6 heteroatoms. The minimum atomic E-state index is -3.55. The topological polar surface area (TPSA) is 59.1 Å². The molecule has 3 aromatic rings. The SMILES string of the molecule is O=S(=O)(Nc1c2c(nc3ccccc13)CCCC2)c1cccs1. The third-order valence-corrected chi connectivity index (χ3v) is 6.91. The molecule has 0 radical (unpaired) electrons. The molecule has 1 N–H and O–H groups in total. The number of nitrogens with zero attached hydrogens (tertiary/aromatic N) is 1. The first kappa shape index (κ1) is 14.7. The van der Waals surface area contributed by atoms with Crippen molar-refractivity contribution in [2.75, 3.05) is 4.72 Å². The zero-order chi connectivity index (χ0) is 15.9. The van der Waals surface area contributed by atoms with Crippen LogP contribution in [0, 0.1) is 0 Å². The van der Waals surface area contributed by atoms with Crippen LogP contribution in [0.3, 0.4) is 0 Å². The summed E-state index contributed by atoms with van der Waals surface area (Å²) in [5, 5.41) is 2.64. The highest BCUT2D eigenvalue weighted by atomic mass is 32.2. The van der Waals surface area contributed by atoms with E-state index in [4.69, 9.17) is 4.98 Å². The van der Waals surface area contributed by atoms with E-state index < -0.39 is 10.0 Å². The second-order valence-corrected chi connectivity index (χ2v) is 8.53. The van der Waals surface area contributed by atoms with Crippen LogP contribution in [0.1, 0.15) is 24.1 Å². The third-order valence-electron chi connectivity index (χ3n) is 4.17. The molecule has 23 heavy (non-hydrogen) atoms. The molecule has 0 bridgehead atoms. The summed E-state index contributed by atoms with van der Waals surface area (Å²) < 4.78 is 28.5. The number of fused-ring (bicyclic) bond motifs is 2. The lowest BCUT2D eigenvalue weighted by molar-refractivity contribution is 0.603. The van der Waals surface area contributed by atoms with Crippen LogP contribution in [0.4, 0.5) is 5.69 Å². The molecule has 0 unspecified atom stereocenters. The lowest BCUT2D eigenvalue weighted by atomic mass is 9.93. The average Bonchev–Trinajstić information content (AvgIpc) is 3.10. The average molecular weight is 344 g/mol. The highest BCUT2D eigenvalue weighted by molar-refractivity contribution is 7.94. The van der Waals surface area contributed by atoms with Gasteiger partial charge in [0.15, 0.2) is 0 Å². The molecule has 1 aliphatic rings. The first-order valence-electron chi connectivity index (χ1n) is 7.62. The summed E-state index contributed by atoms with van der Waals surface area (Å²) in [6.45, 7) is 0. The van der Waals surface area contributed by atoms with Gasteiger partial charge in [-0.3, -0.25) is 9.71 Å². The number of thiophene rings is 1. The Balaban J connectivity index is 1.91. The summed E-state index contributed by atoms with van der Waals surface area (Å²) in [6, 6.07) is 11.1. The third kappa shape index (κ3) is 2.62. The van der Waals surface area contributed by atoms with Gasteiger partial charge in [-0.15, -0.1) is 11.3 Å². The highest BCUT2D eigenvalue weighted by Crippen LogP contribution is 2.35. The van der Waals surface area contributed by atoms with E-state index in [1.54, 1.807) is 17.5 Å². The molecule has 4 rings (SSSR count). The number of hydrogen-bond donors (Lipinski definition) is 1. The molecule has 0 saturated heterocycles. The lowest BCUT2D eigenvalue weighted by Crippen LogP contribution is -2.16. The van der Waals surface area contributed by atoms with Crippen molar-refractivity contribution >= 4 is 38.0 Å². The van der Waals surface area contributed by atoms with Crippen LogP contribution in [-0.4, -0.2) is 13.4 Å². The van der Waals surface area contributed by atoms with E-state index in [1.807, 2.05) is 24.3 Å². The Labute approximate surface area is 139 Å². The van der Waals surface area contributed by atoms with Crippen LogP contribution in [0.2, 0.25) is 0 Å². The van der Waals surface area contributed by atoms with Gasteiger partial charge < -0.3 is 0 Å². The summed E-state index contributed by atoms with van der Waals surface area (Å²) in [5.74, 6) is 0. The van der Waals surface area contributed by atoms with Gasteiger partial charge in [-0.1, -0.05) is 24.3 Å². The Kier molecular flexibility index (Phi) is 3.58. The normalized spacial score (nSPS) is 14.6. The number of aromatic nitrogens is 1. The molecule has 0 atom stereocenters. The predicted molar refractivity (Wildman–Crippen MR) is 93.5 cm³/mol. The Morgan fingerprint density at radius 3 is 2.70 bits per heavy atom. The van der Waals surface area contributed by atoms with Crippen molar-refractivity contribution in [2.24, 2.45) is 0 Å². The van der Waals surface area contributed by atoms with Crippen molar-refractivity contribution in [2.45, 2.75) is 29.9 Å². The van der Waals surface area contributed by atoms with Gasteiger partial charge in [-0.25, -0.2) is 8.42 Å². The second kappa shape index (κ2) is 5.62. The Hall–Kier alpha value is -1.92. The van der Waals surface area contributed by atoms with E-state index >= 15 is 0 Å². The zero-order valence-electron chi connectivity index (χ0n) is 12.5. The maximum absolute atomic E-state index is 12.7. The van der Waals surface area contributed by atoms with E-state index in [1.165, 1.54) is 11.3 Å². The summed E-state index contributed by atoms with van der Waals surface area (Å²) in [6.07, 6.45) is 3.96. The molecule has 4 nitrogen and oxygen atoms in total. The fourth-order valence-electron chi connectivity index (χ4n) is 3.09. The van der Waals surface area contributed by atoms with Crippen LogP contribution >= 0.6 is 11.3 Å². The van der Waals surface area contributed by atoms with Gasteiger partial charge >= 0.3 is 0 Å². The van der Waals surface area contributed by atoms with E-state index in [9.17, 15) is 8.42 Å². The Morgan fingerprint density at radius 2 is 1.87 bits per heavy atom. The van der Waals surface area contributed by atoms with E-state index in [-0.39, 0.29) is 0 Å². The Morgan fingerprint density at radius 1 is 1.04 bits per heavy atom. The minimum absolute atomic E-state index is 0.336. The number of sulfonamides is 1. The van der Waals surface area contributed by atoms with Crippen LogP contribution < -0.4 is 4.72 Å². The molecular formula is C17H16N2O2S2. The molecule has 2 heterocycles. The lowest BCUT2D eigenvalue weighted by Gasteiger charge is -2.21. The number of nitrogens with one attached hydrogen (secondary N) is 1. The van der Waals surface area contributed by atoms with E-state index in [2.05, 4.69) is 4.72 Å². The zero-order valence-corrected chi connectivity index (χ0v) is 14.1. The maximum atomic E-state index is 12.7. The fraction of sp³-hybridized carbons (Fsp3) is 0.235. The molecule has 118 valence electrons. The fourth-order valence-corrected chi connectivity index (χ4v) is 5.20. The maximum Gasteiger partial charge on any atom is 0.271 e. The van der Waals surface area contributed by atoms with Gasteiger partial charge in [0.05, 0.1) is 11.2 Å². The molecule has 0 aliphatic heterocycles. The summed E-state index contributed by atoms with van der Waals surface area (Å²) in [7, 11) is -3.55. The monoisotopic (exact) mass is 344 g/mol. The standard InChI is InChI=1S/C17H16N2O2S2/c20-23(21,16-10-5-11-22-16)19-17-12-6-1-3-8-14(12)18-15-9-4-2-7-13(15)17/h1,3,5-6,8,10-11H,2,4,7,9H2,(H,18,19). The number of benzene rings is 1. The highest BCUT2D eigenvalue weighted by Gasteiger charge is 2.23. The van der Waals surface area contributed by atoms with Crippen molar-refractivity contribution < 1.29 is 8.42 Å². The number of hydrogen-bond acceptors (Lipinski definition) is 4. The van der Waals surface area contributed by atoms with Gasteiger partial charge in [-0.05, 0) is 48.8 Å². The quantitative estimate of drug-likeness (QED) is 0.782. The van der Waals surface area contributed by atoms with Crippen LogP contribution in [-0.2, 0) is 22.9 Å². The van der Waals surface area contributed by atoms with Crippen molar-refractivity contribution in [3.05, 3.63) is 53.0 Å². The van der Waals surface area contributed by atoms with Gasteiger partial charge in [0.1, 0.15) is 4.21 Å². The number of rotatable bonds is 3. The second-order valence-electron chi connectivity index (χ2n) is 5.67. The predicted octanol–water partition coefficient (Wildman–Crippen LogP) is 3.98. The van der Waals surface area contributed by atoms with Crippen LogP contribution in [0.15, 0.2) is 46.0 Å². The summed E-state index contributed by atoms with van der Waals surface area (Å²) in [4.78, 5) is 4.74. The van der Waals surface area contributed by atoms with E-state index in [0.717, 1.165) is 47.8 Å². The largest absolute Gasteiger partial charge is 0.278 e. The minimum Gasteiger partial charge on any atom is -0.278 e. The van der Waals surface area contributed by atoms with Crippen molar-refractivity contribution in [3.8, 4) is 0 Å². The first-order chi connectivity index (χ1) is 11.1. The first-order valence-corrected chi connectivity index (χ1v) is 9.98. The summed E-state index contributed by atoms with van der Waals surface area (Å²) >= 11 is 1.23. The van der Waals surface area contributed by atoms with Gasteiger partial charge in [0.25, 0.3) is 10.0 Å². The van der Waals surface area contributed by atoms with E-state index in [0.29, 0.717) is 9.90 Å². The molecule has 0 saturated carbocycles. The molecule has 0 spiro atoms. The molecule has 0 fully saturated rings. The van der Waals surface area contributed by atoms with Crippen molar-refractivity contribution in [3.63, 3.8) is 0 Å². The van der Waals surface area contributed by atoms with Crippen LogP contribution in [0.25, 0.3) is 10.9 Å². The van der Waals surface area contributed by atoms with Gasteiger partial charge in [0.2, 0.25) is 0 Å². The Bertz CT molecular complexity index is 964. The number of aryl methyl sites for hydroxylation is 1.